The van der Waals surface area contributed by atoms with E-state index in [0.717, 1.165) is 76.9 Å². The molecule has 10 nitrogen and oxygen atoms in total. The van der Waals surface area contributed by atoms with E-state index >= 15 is 0 Å². The van der Waals surface area contributed by atoms with E-state index in [1.165, 1.54) is 0 Å². The molecular formula is C43H44N4O6S. The van der Waals surface area contributed by atoms with Gasteiger partial charge in [0.25, 0.3) is 0 Å². The SMILES string of the molecule is O=c1[nH]c2ccccc2n1C1CCN(CC2CC(c3ccc(CO)cc3)OC(c3cccc(-c4cccc(CNS(=O)(=O)c5ccccc5)c4)c3)O2)CC1. The molecule has 2 aliphatic heterocycles. The van der Waals surface area contributed by atoms with Crippen molar-refractivity contribution in [3.05, 3.63) is 160 Å². The standard InChI is InChI=1S/C43H44N4O6S/c48-29-30-16-18-32(19-17-30)41-26-37(28-46-22-20-36(21-23-46)47-40-15-5-4-14-39(40)45-43(47)49)52-42(53-41)35-11-7-10-34(25-35)33-9-6-8-31(24-33)27-44-54(50,51)38-12-2-1-3-13-38/h1-19,24-25,36-37,41-42,44,48H,20-23,26-29H2,(H,45,49). The lowest BCUT2D eigenvalue weighted by Crippen LogP contribution is -2.43. The first-order valence-corrected chi connectivity index (χ1v) is 20.0. The van der Waals surface area contributed by atoms with Crippen LogP contribution in [0, 0.1) is 0 Å². The Hall–Kier alpha value is -4.88. The molecule has 2 saturated heterocycles. The molecule has 0 spiro atoms. The number of fused-ring (bicyclic) bond motifs is 1. The predicted molar refractivity (Wildman–Crippen MR) is 208 cm³/mol. The zero-order chi connectivity index (χ0) is 37.1. The number of rotatable bonds is 11. The number of likely N-dealkylation sites (tertiary alicyclic amines) is 1. The van der Waals surface area contributed by atoms with E-state index < -0.39 is 16.3 Å². The number of aliphatic hydroxyl groups is 1. The second-order valence-electron chi connectivity index (χ2n) is 14.2. The maximum absolute atomic E-state index is 12.9. The summed E-state index contributed by atoms with van der Waals surface area (Å²) in [5.74, 6) is 0. The second kappa shape index (κ2) is 15.8. The van der Waals surface area contributed by atoms with Gasteiger partial charge in [0.2, 0.25) is 10.0 Å². The van der Waals surface area contributed by atoms with Gasteiger partial charge in [-0.25, -0.2) is 17.9 Å². The average molecular weight is 745 g/mol. The number of ether oxygens (including phenoxy) is 2. The van der Waals surface area contributed by atoms with Crippen LogP contribution in [0.5, 0.6) is 0 Å². The summed E-state index contributed by atoms with van der Waals surface area (Å²) >= 11 is 0. The zero-order valence-corrected chi connectivity index (χ0v) is 30.7. The number of aromatic nitrogens is 2. The molecule has 6 aromatic rings. The Labute approximate surface area is 315 Å². The fourth-order valence-corrected chi connectivity index (χ4v) is 8.74. The van der Waals surface area contributed by atoms with Crippen molar-refractivity contribution in [1.29, 1.82) is 0 Å². The minimum absolute atomic E-state index is 0.0202. The Morgan fingerprint density at radius 2 is 1.48 bits per heavy atom. The number of benzene rings is 5. The van der Waals surface area contributed by atoms with Crippen molar-refractivity contribution < 1.29 is 23.0 Å². The fourth-order valence-electron chi connectivity index (χ4n) is 7.70. The molecule has 1 aromatic heterocycles. The summed E-state index contributed by atoms with van der Waals surface area (Å²) < 4.78 is 43.8. The number of piperidine rings is 1. The molecule has 11 heteroatoms. The molecule has 8 rings (SSSR count). The molecule has 278 valence electrons. The number of para-hydroxylation sites is 2. The van der Waals surface area contributed by atoms with Gasteiger partial charge in [-0.15, -0.1) is 0 Å². The first kappa shape index (κ1) is 36.1. The minimum Gasteiger partial charge on any atom is -0.392 e. The average Bonchev–Trinajstić information content (AvgIpc) is 3.56. The molecule has 0 amide bonds. The van der Waals surface area contributed by atoms with Crippen molar-refractivity contribution in [1.82, 2.24) is 19.2 Å². The van der Waals surface area contributed by atoms with Crippen molar-refractivity contribution in [2.75, 3.05) is 19.6 Å². The van der Waals surface area contributed by atoms with Crippen molar-refractivity contribution in [3.63, 3.8) is 0 Å². The number of hydrogen-bond acceptors (Lipinski definition) is 7. The third-order valence-electron chi connectivity index (χ3n) is 10.6. The first-order valence-electron chi connectivity index (χ1n) is 18.5. The Kier molecular flexibility index (Phi) is 10.6. The number of hydrogen-bond donors (Lipinski definition) is 3. The number of aromatic amines is 1. The Bertz CT molecular complexity index is 2370. The lowest BCUT2D eigenvalue weighted by Gasteiger charge is -2.40. The molecule has 0 aliphatic carbocycles. The van der Waals surface area contributed by atoms with Crippen LogP contribution in [0.1, 0.15) is 60.0 Å². The minimum atomic E-state index is -3.64. The highest BCUT2D eigenvalue weighted by molar-refractivity contribution is 7.89. The van der Waals surface area contributed by atoms with Crippen LogP contribution in [0.25, 0.3) is 22.2 Å². The summed E-state index contributed by atoms with van der Waals surface area (Å²) in [4.78, 5) is 18.6. The highest BCUT2D eigenvalue weighted by Gasteiger charge is 2.34. The molecule has 2 fully saturated rings. The lowest BCUT2D eigenvalue weighted by molar-refractivity contribution is -0.253. The van der Waals surface area contributed by atoms with Gasteiger partial charge in [-0.3, -0.25) is 4.57 Å². The van der Waals surface area contributed by atoms with Gasteiger partial charge in [-0.2, -0.15) is 0 Å². The van der Waals surface area contributed by atoms with Gasteiger partial charge in [0.1, 0.15) is 0 Å². The van der Waals surface area contributed by atoms with Crippen LogP contribution in [0.15, 0.2) is 137 Å². The van der Waals surface area contributed by atoms with Crippen molar-refractivity contribution in [2.45, 2.75) is 61.8 Å². The summed E-state index contributed by atoms with van der Waals surface area (Å²) in [5.41, 5.74) is 7.29. The molecule has 3 atom stereocenters. The third-order valence-corrected chi connectivity index (χ3v) is 12.0. The van der Waals surface area contributed by atoms with Crippen molar-refractivity contribution >= 4 is 21.1 Å². The van der Waals surface area contributed by atoms with Crippen LogP contribution in [-0.2, 0) is 32.6 Å². The predicted octanol–water partition coefficient (Wildman–Crippen LogP) is 6.85. The highest BCUT2D eigenvalue weighted by Crippen LogP contribution is 2.39. The molecule has 3 heterocycles. The Morgan fingerprint density at radius 3 is 2.26 bits per heavy atom. The van der Waals surface area contributed by atoms with Gasteiger partial charge in [-0.1, -0.05) is 91.0 Å². The molecule has 0 radical (unpaired) electrons. The van der Waals surface area contributed by atoms with E-state index in [0.29, 0.717) is 6.42 Å². The van der Waals surface area contributed by atoms with Crippen LogP contribution in [0.4, 0.5) is 0 Å². The highest BCUT2D eigenvalue weighted by atomic mass is 32.2. The number of nitrogens with zero attached hydrogens (tertiary/aromatic N) is 2. The van der Waals surface area contributed by atoms with Gasteiger partial charge in [0.05, 0.1) is 34.7 Å². The largest absolute Gasteiger partial charge is 0.392 e. The molecule has 0 bridgehead atoms. The van der Waals surface area contributed by atoms with E-state index in [4.69, 9.17) is 9.47 Å². The quantitative estimate of drug-likeness (QED) is 0.133. The number of imidazole rings is 1. The molecule has 54 heavy (non-hydrogen) atoms. The molecular weight excluding hydrogens is 701 g/mol. The topological polar surface area (TPSA) is 126 Å². The first-order chi connectivity index (χ1) is 26.3. The van der Waals surface area contributed by atoms with Crippen LogP contribution in [0.2, 0.25) is 0 Å². The van der Waals surface area contributed by atoms with E-state index in [-0.39, 0.29) is 42.0 Å². The number of nitrogens with one attached hydrogen (secondary N) is 2. The molecule has 2 aliphatic rings. The Morgan fingerprint density at radius 1 is 0.759 bits per heavy atom. The normalized spacial score (nSPS) is 20.0. The number of sulfonamides is 1. The second-order valence-corrected chi connectivity index (χ2v) is 15.9. The summed E-state index contributed by atoms with van der Waals surface area (Å²) in [6.45, 7) is 2.58. The number of H-pyrrole nitrogens is 1. The Balaban J connectivity index is 0.985. The van der Waals surface area contributed by atoms with Crippen LogP contribution < -0.4 is 10.4 Å². The molecule has 5 aromatic carbocycles. The van der Waals surface area contributed by atoms with Gasteiger partial charge in [0, 0.05) is 44.2 Å². The zero-order valence-electron chi connectivity index (χ0n) is 29.9. The smallest absolute Gasteiger partial charge is 0.326 e. The molecule has 0 saturated carbocycles. The van der Waals surface area contributed by atoms with E-state index in [9.17, 15) is 18.3 Å². The monoisotopic (exact) mass is 744 g/mol. The summed E-state index contributed by atoms with van der Waals surface area (Å²) in [6, 6.07) is 40.3. The van der Waals surface area contributed by atoms with Crippen LogP contribution >= 0.6 is 0 Å². The van der Waals surface area contributed by atoms with E-state index in [2.05, 4.69) is 20.7 Å². The summed E-state index contributed by atoms with van der Waals surface area (Å²) in [7, 11) is -3.64. The summed E-state index contributed by atoms with van der Waals surface area (Å²) in [6.07, 6.45) is 1.48. The fraction of sp³-hybridized carbons (Fsp3) is 0.279. The van der Waals surface area contributed by atoms with E-state index in [1.54, 1.807) is 30.3 Å². The van der Waals surface area contributed by atoms with Crippen LogP contribution in [0.3, 0.4) is 0 Å². The molecule has 3 N–H and O–H groups in total. The van der Waals surface area contributed by atoms with E-state index in [1.807, 2.05) is 95.6 Å². The third kappa shape index (κ3) is 7.97. The lowest BCUT2D eigenvalue weighted by atomic mass is 9.97. The van der Waals surface area contributed by atoms with Crippen molar-refractivity contribution in [3.8, 4) is 11.1 Å². The maximum atomic E-state index is 12.9. The van der Waals surface area contributed by atoms with Gasteiger partial charge < -0.3 is 24.5 Å². The van der Waals surface area contributed by atoms with Gasteiger partial charge in [-0.05, 0) is 77.1 Å². The summed E-state index contributed by atoms with van der Waals surface area (Å²) in [5, 5.41) is 9.64. The van der Waals surface area contributed by atoms with Crippen molar-refractivity contribution in [2.24, 2.45) is 0 Å². The number of aliphatic hydroxyl groups excluding tert-OH is 1. The molecule has 3 unspecified atom stereocenters. The van der Waals surface area contributed by atoms with Gasteiger partial charge >= 0.3 is 5.69 Å². The maximum Gasteiger partial charge on any atom is 0.326 e. The van der Waals surface area contributed by atoms with Gasteiger partial charge in [0.15, 0.2) is 6.29 Å². The van der Waals surface area contributed by atoms with Crippen LogP contribution in [-0.4, -0.2) is 53.7 Å².